The van der Waals surface area contributed by atoms with Crippen LogP contribution in [-0.4, -0.2) is 8.42 Å². The molecule has 0 radical (unpaired) electrons. The Bertz CT molecular complexity index is 427. The van der Waals surface area contributed by atoms with Crippen molar-refractivity contribution in [1.29, 1.82) is 0 Å². The minimum atomic E-state index is -3.78. The van der Waals surface area contributed by atoms with Crippen LogP contribution in [0.4, 0.5) is 0 Å². The number of terminal acetylenes is 1. The minimum absolute atomic E-state index is 0.0358. The van der Waals surface area contributed by atoms with E-state index in [4.69, 9.17) is 6.42 Å². The van der Waals surface area contributed by atoms with Gasteiger partial charge in [-0.15, -0.1) is 0 Å². The summed E-state index contributed by atoms with van der Waals surface area (Å²) >= 11 is 3.18. The van der Waals surface area contributed by atoms with Gasteiger partial charge >= 0.3 is 10.1 Å². The summed E-state index contributed by atoms with van der Waals surface area (Å²) in [5.74, 6) is 0. The number of hydrogen-bond acceptors (Lipinski definition) is 3. The fraction of sp³-hybridized carbons (Fsp3) is 0. The Morgan fingerprint density at radius 1 is 1.31 bits per heavy atom. The van der Waals surface area contributed by atoms with E-state index in [0.717, 1.165) is 4.47 Å². The highest BCUT2D eigenvalue weighted by atomic mass is 79.9. The van der Waals surface area contributed by atoms with Crippen LogP contribution in [-0.2, 0) is 14.3 Å². The maximum Gasteiger partial charge on any atom is 0.347 e. The fourth-order valence-electron chi connectivity index (χ4n) is 0.713. The van der Waals surface area contributed by atoms with E-state index >= 15 is 0 Å². The zero-order valence-electron chi connectivity index (χ0n) is 6.40. The predicted octanol–water partition coefficient (Wildman–Crippen LogP) is 1.75. The molecular weight excluding hydrogens is 256 g/mol. The smallest absolute Gasteiger partial charge is 0.324 e. The van der Waals surface area contributed by atoms with Gasteiger partial charge in [0.05, 0.1) is 0 Å². The van der Waals surface area contributed by atoms with Crippen molar-refractivity contribution in [2.24, 2.45) is 0 Å². The summed E-state index contributed by atoms with van der Waals surface area (Å²) in [6.45, 7) is 0. The fourth-order valence-corrected chi connectivity index (χ4v) is 1.67. The van der Waals surface area contributed by atoms with Gasteiger partial charge in [-0.2, -0.15) is 8.42 Å². The van der Waals surface area contributed by atoms with Crippen molar-refractivity contribution in [3.8, 4) is 12.5 Å². The van der Waals surface area contributed by atoms with Crippen molar-refractivity contribution in [3.05, 3.63) is 28.7 Å². The Hall–Kier alpha value is -0.990. The third-order valence-corrected chi connectivity index (χ3v) is 2.95. The third-order valence-electron chi connectivity index (χ3n) is 1.26. The number of rotatable bonds is 2. The second-order valence-electron chi connectivity index (χ2n) is 2.11. The van der Waals surface area contributed by atoms with Crippen LogP contribution >= 0.6 is 15.9 Å². The number of halogens is 1. The molecule has 0 aliphatic rings. The molecule has 0 saturated carbocycles. The molecule has 0 atom stereocenters. The molecule has 0 N–H and O–H groups in total. The summed E-state index contributed by atoms with van der Waals surface area (Å²) in [7, 11) is -3.78. The van der Waals surface area contributed by atoms with E-state index in [0.29, 0.717) is 0 Å². The Morgan fingerprint density at radius 3 is 2.31 bits per heavy atom. The second-order valence-corrected chi connectivity index (χ2v) is 4.57. The lowest BCUT2D eigenvalue weighted by Gasteiger charge is -1.99. The molecule has 1 aromatic carbocycles. The average Bonchev–Trinajstić information content (AvgIpc) is 2.05. The van der Waals surface area contributed by atoms with Crippen LogP contribution in [0.2, 0.25) is 0 Å². The lowest BCUT2D eigenvalue weighted by Crippen LogP contribution is -2.01. The first-order valence-corrected chi connectivity index (χ1v) is 5.41. The maximum atomic E-state index is 11.2. The van der Waals surface area contributed by atoms with E-state index in [1.165, 1.54) is 12.1 Å². The standard InChI is InChI=1S/C8H5BrO3S/c1-2-12-13(10,11)8-5-3-7(9)4-6-8/h1,3-6H. The predicted molar refractivity (Wildman–Crippen MR) is 51.2 cm³/mol. The molecule has 68 valence electrons. The Labute approximate surface area is 85.0 Å². The third kappa shape index (κ3) is 2.47. The van der Waals surface area contributed by atoms with Gasteiger partial charge < -0.3 is 4.18 Å². The molecular formula is C8H5BrO3S. The van der Waals surface area contributed by atoms with Crippen molar-refractivity contribution in [2.45, 2.75) is 4.90 Å². The molecule has 1 rings (SSSR count). The molecule has 13 heavy (non-hydrogen) atoms. The average molecular weight is 261 g/mol. The molecule has 0 bridgehead atoms. The molecule has 0 aromatic heterocycles. The van der Waals surface area contributed by atoms with Crippen LogP contribution in [0.3, 0.4) is 0 Å². The van der Waals surface area contributed by atoms with E-state index in [1.54, 1.807) is 18.2 Å². The van der Waals surface area contributed by atoms with Crippen molar-refractivity contribution in [2.75, 3.05) is 0 Å². The quantitative estimate of drug-likeness (QED) is 0.601. The second kappa shape index (κ2) is 3.81. The highest BCUT2D eigenvalue weighted by Crippen LogP contribution is 2.15. The SMILES string of the molecule is C#COS(=O)(=O)c1ccc(Br)cc1. The molecule has 0 saturated heterocycles. The van der Waals surface area contributed by atoms with Gasteiger partial charge in [0.1, 0.15) is 11.0 Å². The van der Waals surface area contributed by atoms with Crippen LogP contribution in [0, 0.1) is 12.5 Å². The normalized spacial score (nSPS) is 10.5. The zero-order chi connectivity index (χ0) is 9.90. The summed E-state index contributed by atoms with van der Waals surface area (Å²) in [6, 6.07) is 5.98. The zero-order valence-corrected chi connectivity index (χ0v) is 8.80. The molecule has 0 spiro atoms. The molecule has 0 aliphatic heterocycles. The summed E-state index contributed by atoms with van der Waals surface area (Å²) in [6.07, 6.45) is 6.34. The number of hydrogen-bond donors (Lipinski definition) is 0. The van der Waals surface area contributed by atoms with Gasteiger partial charge in [0.2, 0.25) is 0 Å². The Kier molecular flexibility index (Phi) is 2.96. The van der Waals surface area contributed by atoms with Gasteiger partial charge in [-0.3, -0.25) is 0 Å². The lowest BCUT2D eigenvalue weighted by molar-refractivity contribution is 0.466. The molecule has 0 fully saturated rings. The first-order valence-electron chi connectivity index (χ1n) is 3.21. The topological polar surface area (TPSA) is 43.4 Å². The highest BCUT2D eigenvalue weighted by Gasteiger charge is 2.13. The first kappa shape index (κ1) is 10.1. The molecule has 3 nitrogen and oxygen atoms in total. The van der Waals surface area contributed by atoms with Gasteiger partial charge in [0, 0.05) is 4.47 Å². The molecule has 5 heteroatoms. The lowest BCUT2D eigenvalue weighted by atomic mass is 10.4. The van der Waals surface area contributed by atoms with Gasteiger partial charge in [-0.1, -0.05) is 22.4 Å². The van der Waals surface area contributed by atoms with Gasteiger partial charge in [-0.25, -0.2) is 0 Å². The molecule has 0 heterocycles. The van der Waals surface area contributed by atoms with Crippen molar-refractivity contribution in [3.63, 3.8) is 0 Å². The first-order chi connectivity index (χ1) is 6.06. The monoisotopic (exact) mass is 260 g/mol. The maximum absolute atomic E-state index is 11.2. The minimum Gasteiger partial charge on any atom is -0.324 e. The summed E-state index contributed by atoms with van der Waals surface area (Å²) in [5.41, 5.74) is 0. The van der Waals surface area contributed by atoms with E-state index in [1.807, 2.05) is 0 Å². The highest BCUT2D eigenvalue weighted by molar-refractivity contribution is 9.10. The molecule has 0 unspecified atom stereocenters. The summed E-state index contributed by atoms with van der Waals surface area (Å²) < 4.78 is 27.3. The Morgan fingerprint density at radius 2 is 1.85 bits per heavy atom. The Balaban J connectivity index is 3.11. The van der Waals surface area contributed by atoms with E-state index < -0.39 is 10.1 Å². The van der Waals surface area contributed by atoms with Crippen molar-refractivity contribution < 1.29 is 12.6 Å². The van der Waals surface area contributed by atoms with Gasteiger partial charge in [-0.05, 0) is 24.3 Å². The van der Waals surface area contributed by atoms with Gasteiger partial charge in [0.15, 0.2) is 0 Å². The van der Waals surface area contributed by atoms with Crippen LogP contribution in [0.25, 0.3) is 0 Å². The molecule has 0 aliphatic carbocycles. The summed E-state index contributed by atoms with van der Waals surface area (Å²) in [5, 5.41) is 0. The van der Waals surface area contributed by atoms with Crippen molar-refractivity contribution in [1.82, 2.24) is 0 Å². The molecule has 1 aromatic rings. The van der Waals surface area contributed by atoms with Gasteiger partial charge in [0.25, 0.3) is 0 Å². The van der Waals surface area contributed by atoms with Crippen molar-refractivity contribution >= 4 is 26.0 Å². The van der Waals surface area contributed by atoms with E-state index in [-0.39, 0.29) is 4.90 Å². The molecule has 0 amide bonds. The number of benzene rings is 1. The van der Waals surface area contributed by atoms with E-state index in [9.17, 15) is 8.42 Å². The van der Waals surface area contributed by atoms with Crippen LogP contribution in [0.15, 0.2) is 33.6 Å². The van der Waals surface area contributed by atoms with Crippen LogP contribution in [0.5, 0.6) is 0 Å². The summed E-state index contributed by atoms with van der Waals surface area (Å²) in [4.78, 5) is 0.0358. The largest absolute Gasteiger partial charge is 0.347 e. The van der Waals surface area contributed by atoms with Crippen LogP contribution in [0.1, 0.15) is 0 Å². The van der Waals surface area contributed by atoms with Crippen LogP contribution < -0.4 is 0 Å². The van der Waals surface area contributed by atoms with E-state index in [2.05, 4.69) is 20.1 Å².